The second kappa shape index (κ2) is 6.00. The lowest BCUT2D eigenvalue weighted by Gasteiger charge is -2.04. The maximum Gasteiger partial charge on any atom is 0.0270 e. The fourth-order valence-electron chi connectivity index (χ4n) is 0.938. The van der Waals surface area contributed by atoms with Crippen molar-refractivity contribution in [2.24, 2.45) is 5.73 Å². The average molecular weight is 196 g/mol. The molecule has 2 N–H and O–H groups in total. The van der Waals surface area contributed by atoms with Crippen LogP contribution in [0.4, 0.5) is 0 Å². The van der Waals surface area contributed by atoms with Crippen molar-refractivity contribution in [1.29, 1.82) is 0 Å². The number of nitrogens with two attached hydrogens (primary N) is 1. The highest BCUT2D eigenvalue weighted by Crippen LogP contribution is 2.12. The molecule has 1 unspecified atom stereocenters. The molecule has 72 valence electrons. The highest BCUT2D eigenvalue weighted by Gasteiger charge is 1.95. The summed E-state index contributed by atoms with van der Waals surface area (Å²) in [5.41, 5.74) is 6.99. The van der Waals surface area contributed by atoms with Gasteiger partial charge in [0.1, 0.15) is 0 Å². The van der Waals surface area contributed by atoms with Crippen LogP contribution in [0.2, 0.25) is 0 Å². The third-order valence-electron chi connectivity index (χ3n) is 1.74. The first-order valence-corrected chi connectivity index (χ1v) is 5.66. The average Bonchev–Trinajstić information content (AvgIpc) is 2.14. The monoisotopic (exact) mass is 196 g/mol. The van der Waals surface area contributed by atoms with Crippen molar-refractivity contribution in [1.82, 2.24) is 4.98 Å². The van der Waals surface area contributed by atoms with Gasteiger partial charge in [-0.3, -0.25) is 4.98 Å². The van der Waals surface area contributed by atoms with E-state index in [0.29, 0.717) is 6.04 Å². The number of thioether (sulfide) groups is 1. The van der Waals surface area contributed by atoms with E-state index in [1.54, 1.807) is 0 Å². The van der Waals surface area contributed by atoms with E-state index < -0.39 is 0 Å². The number of nitrogens with zero attached hydrogens (tertiary/aromatic N) is 1. The number of aromatic nitrogens is 1. The van der Waals surface area contributed by atoms with Crippen molar-refractivity contribution >= 4 is 11.8 Å². The molecule has 1 heterocycles. The molecular weight excluding hydrogens is 180 g/mol. The molecule has 0 aliphatic carbocycles. The highest BCUT2D eigenvalue weighted by molar-refractivity contribution is 7.98. The van der Waals surface area contributed by atoms with Gasteiger partial charge in [-0.2, -0.15) is 11.8 Å². The van der Waals surface area contributed by atoms with Crippen LogP contribution in [0.1, 0.15) is 18.9 Å². The largest absolute Gasteiger partial charge is 0.328 e. The van der Waals surface area contributed by atoms with Crippen molar-refractivity contribution in [3.05, 3.63) is 30.1 Å². The maximum absolute atomic E-state index is 5.65. The molecule has 1 rings (SSSR count). The molecule has 0 saturated heterocycles. The molecule has 0 aromatic carbocycles. The van der Waals surface area contributed by atoms with E-state index >= 15 is 0 Å². The van der Waals surface area contributed by atoms with Gasteiger partial charge in [-0.1, -0.05) is 0 Å². The Morgan fingerprint density at radius 3 is 2.77 bits per heavy atom. The van der Waals surface area contributed by atoms with Crippen molar-refractivity contribution in [2.75, 3.05) is 5.75 Å². The molecule has 1 aromatic heterocycles. The lowest BCUT2D eigenvalue weighted by Crippen LogP contribution is -2.15. The summed E-state index contributed by atoms with van der Waals surface area (Å²) in [7, 11) is 0. The summed E-state index contributed by atoms with van der Waals surface area (Å²) in [6, 6.07) is 4.43. The molecule has 13 heavy (non-hydrogen) atoms. The van der Waals surface area contributed by atoms with Gasteiger partial charge >= 0.3 is 0 Å². The number of pyridine rings is 1. The predicted octanol–water partition coefficient (Wildman–Crippen LogP) is 2.05. The lowest BCUT2D eigenvalue weighted by molar-refractivity contribution is 0.721. The molecule has 0 saturated carbocycles. The van der Waals surface area contributed by atoms with Gasteiger partial charge in [-0.05, 0) is 36.8 Å². The van der Waals surface area contributed by atoms with Crippen LogP contribution >= 0.6 is 11.8 Å². The van der Waals surface area contributed by atoms with E-state index in [0.717, 1.165) is 17.9 Å². The number of rotatable bonds is 5. The molecule has 0 bridgehead atoms. The molecule has 2 nitrogen and oxygen atoms in total. The van der Waals surface area contributed by atoms with Crippen LogP contribution in [0.3, 0.4) is 0 Å². The second-order valence-corrected chi connectivity index (χ2v) is 4.28. The minimum Gasteiger partial charge on any atom is -0.328 e. The van der Waals surface area contributed by atoms with Gasteiger partial charge in [0.05, 0.1) is 0 Å². The van der Waals surface area contributed by atoms with Crippen LogP contribution in [-0.4, -0.2) is 16.8 Å². The van der Waals surface area contributed by atoms with Crippen molar-refractivity contribution < 1.29 is 0 Å². The van der Waals surface area contributed by atoms with Gasteiger partial charge in [0, 0.05) is 24.2 Å². The summed E-state index contributed by atoms with van der Waals surface area (Å²) >= 11 is 1.93. The Balaban J connectivity index is 2.13. The van der Waals surface area contributed by atoms with Crippen LogP contribution < -0.4 is 5.73 Å². The highest BCUT2D eigenvalue weighted by atomic mass is 32.2. The van der Waals surface area contributed by atoms with E-state index in [-0.39, 0.29) is 0 Å². The molecular formula is C10H16N2S. The third-order valence-corrected chi connectivity index (χ3v) is 2.80. The Morgan fingerprint density at radius 1 is 1.46 bits per heavy atom. The molecule has 1 atom stereocenters. The van der Waals surface area contributed by atoms with Crippen molar-refractivity contribution in [2.45, 2.75) is 25.1 Å². The van der Waals surface area contributed by atoms with Gasteiger partial charge in [0.25, 0.3) is 0 Å². The normalized spacial score (nSPS) is 12.8. The Bertz CT molecular complexity index is 224. The Labute approximate surface area is 83.9 Å². The number of hydrogen-bond acceptors (Lipinski definition) is 3. The molecule has 0 aliphatic heterocycles. The Morgan fingerprint density at radius 2 is 2.15 bits per heavy atom. The first-order chi connectivity index (χ1) is 6.29. The summed E-state index contributed by atoms with van der Waals surface area (Å²) in [4.78, 5) is 3.97. The molecule has 0 radical (unpaired) electrons. The fourth-order valence-corrected chi connectivity index (χ4v) is 2.05. The van der Waals surface area contributed by atoms with Gasteiger partial charge < -0.3 is 5.73 Å². The van der Waals surface area contributed by atoms with Crippen LogP contribution in [0.15, 0.2) is 24.5 Å². The third kappa shape index (κ3) is 4.90. The summed E-state index contributed by atoms with van der Waals surface area (Å²) in [5, 5.41) is 0. The molecule has 0 spiro atoms. The van der Waals surface area contributed by atoms with E-state index in [1.807, 2.05) is 31.1 Å². The SMILES string of the molecule is CC(N)CCSCc1ccncc1. The Hall–Kier alpha value is -0.540. The van der Waals surface area contributed by atoms with Crippen molar-refractivity contribution in [3.63, 3.8) is 0 Å². The zero-order valence-electron chi connectivity index (χ0n) is 7.94. The van der Waals surface area contributed by atoms with Gasteiger partial charge in [0.2, 0.25) is 0 Å². The van der Waals surface area contributed by atoms with E-state index in [9.17, 15) is 0 Å². The van der Waals surface area contributed by atoms with Crippen LogP contribution in [0.25, 0.3) is 0 Å². The van der Waals surface area contributed by atoms with E-state index in [4.69, 9.17) is 5.73 Å². The zero-order chi connectivity index (χ0) is 9.52. The first-order valence-electron chi connectivity index (χ1n) is 4.51. The molecule has 0 amide bonds. The first kappa shape index (κ1) is 10.5. The van der Waals surface area contributed by atoms with Crippen LogP contribution in [0.5, 0.6) is 0 Å². The summed E-state index contributed by atoms with van der Waals surface area (Å²) < 4.78 is 0. The van der Waals surface area contributed by atoms with E-state index in [1.165, 1.54) is 5.56 Å². The summed E-state index contributed by atoms with van der Waals surface area (Å²) in [6.07, 6.45) is 4.76. The second-order valence-electron chi connectivity index (χ2n) is 3.17. The maximum atomic E-state index is 5.65. The van der Waals surface area contributed by atoms with E-state index in [2.05, 4.69) is 17.1 Å². The zero-order valence-corrected chi connectivity index (χ0v) is 8.76. The Kier molecular flexibility index (Phi) is 4.86. The molecule has 1 aromatic rings. The molecule has 0 aliphatic rings. The van der Waals surface area contributed by atoms with Gasteiger partial charge in [0.15, 0.2) is 0 Å². The summed E-state index contributed by atoms with van der Waals surface area (Å²) in [6.45, 7) is 2.05. The minimum atomic E-state index is 0.324. The number of hydrogen-bond donors (Lipinski definition) is 1. The quantitative estimate of drug-likeness (QED) is 0.733. The molecule has 0 fully saturated rings. The topological polar surface area (TPSA) is 38.9 Å². The minimum absolute atomic E-state index is 0.324. The van der Waals surface area contributed by atoms with Gasteiger partial charge in [-0.15, -0.1) is 0 Å². The predicted molar refractivity (Wildman–Crippen MR) is 58.7 cm³/mol. The standard InChI is InChI=1S/C10H16N2S/c1-9(11)4-7-13-8-10-2-5-12-6-3-10/h2-3,5-6,9H,4,7-8,11H2,1H3. The van der Waals surface area contributed by atoms with Crippen molar-refractivity contribution in [3.8, 4) is 0 Å². The van der Waals surface area contributed by atoms with Crippen LogP contribution in [-0.2, 0) is 5.75 Å². The van der Waals surface area contributed by atoms with Crippen LogP contribution in [0, 0.1) is 0 Å². The lowest BCUT2D eigenvalue weighted by atomic mass is 10.3. The summed E-state index contributed by atoms with van der Waals surface area (Å²) in [5.74, 6) is 2.20. The molecule has 3 heteroatoms. The fraction of sp³-hybridized carbons (Fsp3) is 0.500. The smallest absolute Gasteiger partial charge is 0.0270 e. The van der Waals surface area contributed by atoms with Gasteiger partial charge in [-0.25, -0.2) is 0 Å².